The zero-order chi connectivity index (χ0) is 13.0. The summed E-state index contributed by atoms with van der Waals surface area (Å²) in [5.41, 5.74) is 0.931. The molecule has 1 aliphatic heterocycles. The molecule has 0 aromatic heterocycles. The second-order valence-electron chi connectivity index (χ2n) is 4.20. The summed E-state index contributed by atoms with van der Waals surface area (Å²) >= 11 is 0. The van der Waals surface area contributed by atoms with Gasteiger partial charge in [0.15, 0.2) is 0 Å². The normalized spacial score (nSPS) is 19.3. The molecule has 1 atom stereocenters. The predicted molar refractivity (Wildman–Crippen MR) is 65.8 cm³/mol. The Bertz CT molecular complexity index is 433. The number of hydrogen-bond acceptors (Lipinski definition) is 3. The second-order valence-corrected chi connectivity index (χ2v) is 4.20. The second kappa shape index (κ2) is 5.53. The van der Waals surface area contributed by atoms with Crippen molar-refractivity contribution in [3.05, 3.63) is 35.9 Å². The molecular weight excluding hydrogens is 232 g/mol. The first-order chi connectivity index (χ1) is 8.68. The lowest BCUT2D eigenvalue weighted by molar-refractivity contribution is -0.127. The van der Waals surface area contributed by atoms with Crippen molar-refractivity contribution in [3.63, 3.8) is 0 Å². The number of piperazine rings is 1. The number of benzene rings is 1. The van der Waals surface area contributed by atoms with Crippen LogP contribution in [-0.4, -0.2) is 36.0 Å². The molecular formula is C13H16N2O3. The molecule has 1 fully saturated rings. The summed E-state index contributed by atoms with van der Waals surface area (Å²) in [5, 5.41) is 2.70. The van der Waals surface area contributed by atoms with Crippen LogP contribution in [0.25, 0.3) is 0 Å². The van der Waals surface area contributed by atoms with Crippen molar-refractivity contribution in [3.8, 4) is 0 Å². The van der Waals surface area contributed by atoms with Crippen molar-refractivity contribution in [2.45, 2.75) is 19.6 Å². The van der Waals surface area contributed by atoms with E-state index < -0.39 is 12.1 Å². The predicted octanol–water partition coefficient (Wildman–Crippen LogP) is 1.14. The summed E-state index contributed by atoms with van der Waals surface area (Å²) in [6, 6.07) is 8.99. The quantitative estimate of drug-likeness (QED) is 0.854. The topological polar surface area (TPSA) is 58.6 Å². The van der Waals surface area contributed by atoms with Crippen LogP contribution < -0.4 is 5.32 Å². The molecule has 18 heavy (non-hydrogen) atoms. The fraction of sp³-hybridized carbons (Fsp3) is 0.385. The molecule has 5 heteroatoms. The summed E-state index contributed by atoms with van der Waals surface area (Å²) in [7, 11) is 0. The van der Waals surface area contributed by atoms with E-state index in [-0.39, 0.29) is 12.5 Å². The molecule has 0 saturated carbocycles. The molecule has 0 radical (unpaired) electrons. The van der Waals surface area contributed by atoms with Crippen molar-refractivity contribution in [2.75, 3.05) is 13.1 Å². The van der Waals surface area contributed by atoms with Gasteiger partial charge in [-0.15, -0.1) is 0 Å². The smallest absolute Gasteiger partial charge is 0.410 e. The number of amides is 2. The Balaban J connectivity index is 1.90. The largest absolute Gasteiger partial charge is 0.445 e. The van der Waals surface area contributed by atoms with Crippen molar-refractivity contribution in [1.82, 2.24) is 10.2 Å². The summed E-state index contributed by atoms with van der Waals surface area (Å²) in [6.07, 6.45) is -0.443. The number of nitrogens with one attached hydrogen (secondary N) is 1. The number of hydrogen-bond donors (Lipinski definition) is 1. The molecule has 0 bridgehead atoms. The Morgan fingerprint density at radius 1 is 1.44 bits per heavy atom. The highest BCUT2D eigenvalue weighted by Gasteiger charge is 2.30. The molecule has 2 amide bonds. The van der Waals surface area contributed by atoms with Crippen LogP contribution in [0.4, 0.5) is 4.79 Å². The number of carbonyl (C=O) groups is 2. The average Bonchev–Trinajstić information content (AvgIpc) is 2.40. The third kappa shape index (κ3) is 2.80. The lowest BCUT2D eigenvalue weighted by Gasteiger charge is -2.31. The first kappa shape index (κ1) is 12.4. The van der Waals surface area contributed by atoms with E-state index in [1.54, 1.807) is 6.92 Å². The van der Waals surface area contributed by atoms with Gasteiger partial charge in [-0.3, -0.25) is 9.69 Å². The van der Waals surface area contributed by atoms with Crippen LogP contribution in [-0.2, 0) is 16.1 Å². The average molecular weight is 248 g/mol. The van der Waals surface area contributed by atoms with Gasteiger partial charge in [0.05, 0.1) is 0 Å². The molecule has 1 aromatic rings. The SMILES string of the molecule is C[C@H]1C(=O)NCCN1C(=O)OCc1ccccc1. The van der Waals surface area contributed by atoms with Gasteiger partial charge in [-0.1, -0.05) is 30.3 Å². The fourth-order valence-electron chi connectivity index (χ4n) is 1.83. The van der Waals surface area contributed by atoms with Crippen molar-refractivity contribution in [2.24, 2.45) is 0 Å². The number of carbonyl (C=O) groups excluding carboxylic acids is 2. The third-order valence-electron chi connectivity index (χ3n) is 2.94. The van der Waals surface area contributed by atoms with Gasteiger partial charge in [0.1, 0.15) is 12.6 Å². The van der Waals surface area contributed by atoms with Crippen LogP contribution in [0.5, 0.6) is 0 Å². The molecule has 0 unspecified atom stereocenters. The minimum atomic E-state index is -0.470. The highest BCUT2D eigenvalue weighted by Crippen LogP contribution is 2.08. The van der Waals surface area contributed by atoms with E-state index in [2.05, 4.69) is 5.32 Å². The molecule has 0 aliphatic carbocycles. The zero-order valence-corrected chi connectivity index (χ0v) is 10.3. The van der Waals surface area contributed by atoms with Gasteiger partial charge in [-0.05, 0) is 12.5 Å². The van der Waals surface area contributed by atoms with Gasteiger partial charge in [-0.25, -0.2) is 4.79 Å². The van der Waals surface area contributed by atoms with E-state index in [0.717, 1.165) is 5.56 Å². The molecule has 0 spiro atoms. The van der Waals surface area contributed by atoms with Crippen LogP contribution in [0.2, 0.25) is 0 Å². The zero-order valence-electron chi connectivity index (χ0n) is 10.3. The van der Waals surface area contributed by atoms with Crippen LogP contribution in [0.1, 0.15) is 12.5 Å². The lowest BCUT2D eigenvalue weighted by atomic mass is 10.2. The van der Waals surface area contributed by atoms with Gasteiger partial charge in [-0.2, -0.15) is 0 Å². The first-order valence-electron chi connectivity index (χ1n) is 5.93. The van der Waals surface area contributed by atoms with Gasteiger partial charge in [0.2, 0.25) is 5.91 Å². The van der Waals surface area contributed by atoms with E-state index in [9.17, 15) is 9.59 Å². The third-order valence-corrected chi connectivity index (χ3v) is 2.94. The Morgan fingerprint density at radius 3 is 2.89 bits per heavy atom. The minimum Gasteiger partial charge on any atom is -0.445 e. The van der Waals surface area contributed by atoms with Crippen molar-refractivity contribution < 1.29 is 14.3 Å². The number of ether oxygens (including phenoxy) is 1. The number of rotatable bonds is 2. The Labute approximate surface area is 106 Å². The van der Waals surface area contributed by atoms with Crippen LogP contribution in [0.3, 0.4) is 0 Å². The van der Waals surface area contributed by atoms with Gasteiger partial charge >= 0.3 is 6.09 Å². The summed E-state index contributed by atoms with van der Waals surface area (Å²) in [5.74, 6) is -0.141. The standard InChI is InChI=1S/C13H16N2O3/c1-10-12(16)14-7-8-15(10)13(17)18-9-11-5-3-2-4-6-11/h2-6,10H,7-9H2,1H3,(H,14,16)/t10-/m0/s1. The summed E-state index contributed by atoms with van der Waals surface area (Å²) in [6.45, 7) is 2.88. The van der Waals surface area contributed by atoms with E-state index >= 15 is 0 Å². The monoisotopic (exact) mass is 248 g/mol. The Morgan fingerprint density at radius 2 is 2.17 bits per heavy atom. The maximum absolute atomic E-state index is 11.9. The van der Waals surface area contributed by atoms with Crippen LogP contribution in [0, 0.1) is 0 Å². The van der Waals surface area contributed by atoms with E-state index in [1.807, 2.05) is 30.3 Å². The molecule has 1 aromatic carbocycles. The molecule has 1 saturated heterocycles. The maximum atomic E-state index is 11.9. The molecule has 1 N–H and O–H groups in total. The molecule has 1 aliphatic rings. The van der Waals surface area contributed by atoms with E-state index in [0.29, 0.717) is 13.1 Å². The van der Waals surface area contributed by atoms with Gasteiger partial charge < -0.3 is 10.1 Å². The Hall–Kier alpha value is -2.04. The van der Waals surface area contributed by atoms with Crippen molar-refractivity contribution >= 4 is 12.0 Å². The van der Waals surface area contributed by atoms with E-state index in [4.69, 9.17) is 4.74 Å². The summed E-state index contributed by atoms with van der Waals surface area (Å²) in [4.78, 5) is 24.7. The Kier molecular flexibility index (Phi) is 3.82. The van der Waals surface area contributed by atoms with E-state index in [1.165, 1.54) is 4.90 Å². The molecule has 96 valence electrons. The first-order valence-corrected chi connectivity index (χ1v) is 5.93. The molecule has 5 nitrogen and oxygen atoms in total. The van der Waals surface area contributed by atoms with Gasteiger partial charge in [0, 0.05) is 13.1 Å². The van der Waals surface area contributed by atoms with Crippen LogP contribution in [0.15, 0.2) is 30.3 Å². The maximum Gasteiger partial charge on any atom is 0.410 e. The molecule has 2 rings (SSSR count). The fourth-order valence-corrected chi connectivity index (χ4v) is 1.83. The highest BCUT2D eigenvalue weighted by atomic mass is 16.6. The lowest BCUT2D eigenvalue weighted by Crippen LogP contribution is -2.55. The highest BCUT2D eigenvalue weighted by molar-refractivity contribution is 5.86. The van der Waals surface area contributed by atoms with Crippen molar-refractivity contribution in [1.29, 1.82) is 0 Å². The van der Waals surface area contributed by atoms with Crippen LogP contribution >= 0.6 is 0 Å². The van der Waals surface area contributed by atoms with Gasteiger partial charge in [0.25, 0.3) is 0 Å². The summed E-state index contributed by atoms with van der Waals surface area (Å²) < 4.78 is 5.19. The minimum absolute atomic E-state index is 0.141. The number of nitrogens with zero attached hydrogens (tertiary/aromatic N) is 1. The molecule has 1 heterocycles.